The molecule has 0 unspecified atom stereocenters. The molecule has 0 aromatic carbocycles. The second-order valence-electron chi connectivity index (χ2n) is 4.27. The predicted molar refractivity (Wildman–Crippen MR) is 94.5 cm³/mol. The lowest BCUT2D eigenvalue weighted by Crippen LogP contribution is -2.14. The van der Waals surface area contributed by atoms with Gasteiger partial charge in [-0.25, -0.2) is 4.98 Å². The van der Waals surface area contributed by atoms with Crippen molar-refractivity contribution in [3.63, 3.8) is 0 Å². The van der Waals surface area contributed by atoms with Crippen LogP contribution in [0.25, 0.3) is 10.7 Å². The molecule has 3 rings (SSSR count). The van der Waals surface area contributed by atoms with Gasteiger partial charge in [0.2, 0.25) is 5.91 Å². The number of thioether (sulfide) groups is 1. The molecule has 0 aliphatic heterocycles. The Kier molecular flexibility index (Phi) is 5.56. The van der Waals surface area contributed by atoms with E-state index in [1.54, 1.807) is 30.7 Å². The van der Waals surface area contributed by atoms with Gasteiger partial charge in [-0.15, -0.1) is 10.2 Å². The molecular formula is C13H8Cl2N6OS2. The molecule has 0 saturated carbocycles. The molecule has 122 valence electrons. The van der Waals surface area contributed by atoms with Gasteiger partial charge in [0.25, 0.3) is 0 Å². The molecule has 0 spiro atoms. The molecule has 0 fully saturated rings. The lowest BCUT2D eigenvalue weighted by molar-refractivity contribution is -0.113. The standard InChI is InChI=1S/C13H8Cl2N6OS2/c14-9-2-1-7(11(15)19-9)18-10(22)6-23-13-21-20-12(24-13)8-5-16-3-4-17-8/h1-5H,6H2,(H,18,22). The largest absolute Gasteiger partial charge is 0.323 e. The summed E-state index contributed by atoms with van der Waals surface area (Å²) in [6, 6.07) is 3.14. The van der Waals surface area contributed by atoms with Crippen LogP contribution < -0.4 is 5.32 Å². The maximum atomic E-state index is 12.0. The van der Waals surface area contributed by atoms with Crippen LogP contribution in [0.1, 0.15) is 0 Å². The Morgan fingerprint density at radius 2 is 2.12 bits per heavy atom. The molecule has 3 aromatic rings. The fourth-order valence-corrected chi connectivity index (χ4v) is 3.61. The van der Waals surface area contributed by atoms with Gasteiger partial charge in [-0.05, 0) is 12.1 Å². The second-order valence-corrected chi connectivity index (χ2v) is 7.22. The van der Waals surface area contributed by atoms with E-state index in [1.807, 2.05) is 0 Å². The second kappa shape index (κ2) is 7.84. The number of pyridine rings is 1. The van der Waals surface area contributed by atoms with Gasteiger partial charge in [0.05, 0.1) is 17.6 Å². The minimum absolute atomic E-state index is 0.140. The maximum absolute atomic E-state index is 12.0. The number of rotatable bonds is 5. The number of nitrogens with zero attached hydrogens (tertiary/aromatic N) is 5. The maximum Gasteiger partial charge on any atom is 0.234 e. The zero-order chi connectivity index (χ0) is 16.9. The molecule has 11 heteroatoms. The van der Waals surface area contributed by atoms with Crippen molar-refractivity contribution in [3.05, 3.63) is 41.0 Å². The van der Waals surface area contributed by atoms with Crippen LogP contribution in [0.5, 0.6) is 0 Å². The number of aromatic nitrogens is 5. The molecule has 1 N–H and O–H groups in total. The third-order valence-electron chi connectivity index (χ3n) is 2.60. The summed E-state index contributed by atoms with van der Waals surface area (Å²) in [7, 11) is 0. The Hall–Kier alpha value is -1.81. The number of halogens is 2. The van der Waals surface area contributed by atoms with E-state index in [-0.39, 0.29) is 22.0 Å². The molecular weight excluding hydrogens is 391 g/mol. The van der Waals surface area contributed by atoms with E-state index in [0.29, 0.717) is 20.7 Å². The number of amides is 1. The van der Waals surface area contributed by atoms with Gasteiger partial charge in [0, 0.05) is 12.4 Å². The molecule has 24 heavy (non-hydrogen) atoms. The van der Waals surface area contributed by atoms with E-state index in [1.165, 1.54) is 23.1 Å². The summed E-state index contributed by atoms with van der Waals surface area (Å²) in [6.45, 7) is 0. The van der Waals surface area contributed by atoms with E-state index < -0.39 is 0 Å². The van der Waals surface area contributed by atoms with E-state index in [4.69, 9.17) is 23.2 Å². The normalized spacial score (nSPS) is 10.6. The lowest BCUT2D eigenvalue weighted by Gasteiger charge is -2.05. The third-order valence-corrected chi connectivity index (χ3v) is 5.18. The Morgan fingerprint density at radius 1 is 1.25 bits per heavy atom. The van der Waals surface area contributed by atoms with E-state index in [0.717, 1.165) is 0 Å². The first-order chi connectivity index (χ1) is 11.6. The van der Waals surface area contributed by atoms with Crippen molar-refractivity contribution in [2.24, 2.45) is 0 Å². The first-order valence-corrected chi connectivity index (χ1v) is 9.02. The van der Waals surface area contributed by atoms with Crippen molar-refractivity contribution in [2.75, 3.05) is 11.1 Å². The first-order valence-electron chi connectivity index (χ1n) is 6.46. The zero-order valence-electron chi connectivity index (χ0n) is 11.8. The molecule has 3 aromatic heterocycles. The third kappa shape index (κ3) is 4.38. The van der Waals surface area contributed by atoms with E-state index in [2.05, 4.69) is 30.5 Å². The average molecular weight is 399 g/mol. The Bertz CT molecular complexity index is 861. The monoisotopic (exact) mass is 398 g/mol. The van der Waals surface area contributed by atoms with Gasteiger partial charge in [-0.1, -0.05) is 46.3 Å². The van der Waals surface area contributed by atoms with Crippen LogP contribution in [-0.4, -0.2) is 36.8 Å². The number of anilines is 1. The highest BCUT2D eigenvalue weighted by molar-refractivity contribution is 8.01. The average Bonchev–Trinajstić information content (AvgIpc) is 3.05. The van der Waals surface area contributed by atoms with Crippen molar-refractivity contribution < 1.29 is 4.79 Å². The number of hydrogen-bond donors (Lipinski definition) is 1. The van der Waals surface area contributed by atoms with Gasteiger partial charge >= 0.3 is 0 Å². The summed E-state index contributed by atoms with van der Waals surface area (Å²) in [5.74, 6) is -0.0732. The number of carbonyl (C=O) groups excluding carboxylic acids is 1. The summed E-state index contributed by atoms with van der Waals surface area (Å²) in [4.78, 5) is 24.0. The van der Waals surface area contributed by atoms with Crippen LogP contribution in [0.2, 0.25) is 10.3 Å². The van der Waals surface area contributed by atoms with Gasteiger partial charge in [0.1, 0.15) is 10.8 Å². The van der Waals surface area contributed by atoms with Crippen molar-refractivity contribution in [3.8, 4) is 10.7 Å². The van der Waals surface area contributed by atoms with E-state index in [9.17, 15) is 4.79 Å². The van der Waals surface area contributed by atoms with Crippen LogP contribution in [0.3, 0.4) is 0 Å². The van der Waals surface area contributed by atoms with Crippen LogP contribution in [0, 0.1) is 0 Å². The Labute approximate surface area is 154 Å². The molecule has 0 radical (unpaired) electrons. The molecule has 0 aliphatic rings. The molecule has 0 aliphatic carbocycles. The summed E-state index contributed by atoms with van der Waals surface area (Å²) in [5, 5.41) is 11.8. The number of carbonyl (C=O) groups is 1. The summed E-state index contributed by atoms with van der Waals surface area (Å²) >= 11 is 14.2. The summed E-state index contributed by atoms with van der Waals surface area (Å²) < 4.78 is 0.658. The highest BCUT2D eigenvalue weighted by Gasteiger charge is 2.12. The van der Waals surface area contributed by atoms with E-state index >= 15 is 0 Å². The predicted octanol–water partition coefficient (Wildman–Crippen LogP) is 3.43. The van der Waals surface area contributed by atoms with Crippen LogP contribution in [0.15, 0.2) is 35.1 Å². The molecule has 7 nitrogen and oxygen atoms in total. The summed E-state index contributed by atoms with van der Waals surface area (Å²) in [6.07, 6.45) is 4.78. The number of hydrogen-bond acceptors (Lipinski definition) is 8. The SMILES string of the molecule is O=C(CSc1nnc(-c2cnccn2)s1)Nc1ccc(Cl)nc1Cl. The molecule has 0 saturated heterocycles. The first kappa shape index (κ1) is 17.0. The molecule has 0 bridgehead atoms. The minimum atomic E-state index is -0.234. The molecule has 3 heterocycles. The Balaban J connectivity index is 1.58. The van der Waals surface area contributed by atoms with Crippen LogP contribution in [-0.2, 0) is 4.79 Å². The van der Waals surface area contributed by atoms with Crippen molar-refractivity contribution >= 4 is 57.9 Å². The quantitative estimate of drug-likeness (QED) is 0.519. The van der Waals surface area contributed by atoms with Gasteiger partial charge < -0.3 is 5.32 Å². The van der Waals surface area contributed by atoms with Crippen molar-refractivity contribution in [2.45, 2.75) is 4.34 Å². The highest BCUT2D eigenvalue weighted by Crippen LogP contribution is 2.28. The van der Waals surface area contributed by atoms with Gasteiger partial charge in [-0.3, -0.25) is 14.8 Å². The lowest BCUT2D eigenvalue weighted by atomic mass is 10.4. The zero-order valence-corrected chi connectivity index (χ0v) is 15.0. The Morgan fingerprint density at radius 3 is 2.88 bits per heavy atom. The fraction of sp³-hybridized carbons (Fsp3) is 0.0769. The van der Waals surface area contributed by atoms with Crippen molar-refractivity contribution in [1.82, 2.24) is 25.1 Å². The van der Waals surface area contributed by atoms with Crippen LogP contribution in [0.4, 0.5) is 5.69 Å². The highest BCUT2D eigenvalue weighted by atomic mass is 35.5. The molecule has 0 atom stereocenters. The van der Waals surface area contributed by atoms with Crippen molar-refractivity contribution in [1.29, 1.82) is 0 Å². The molecule has 1 amide bonds. The smallest absolute Gasteiger partial charge is 0.234 e. The number of nitrogens with one attached hydrogen (secondary N) is 1. The van der Waals surface area contributed by atoms with Gasteiger partial charge in [-0.2, -0.15) is 0 Å². The van der Waals surface area contributed by atoms with Crippen LogP contribution >= 0.6 is 46.3 Å². The summed E-state index contributed by atoms with van der Waals surface area (Å²) in [5.41, 5.74) is 1.05. The topological polar surface area (TPSA) is 93.5 Å². The minimum Gasteiger partial charge on any atom is -0.323 e. The van der Waals surface area contributed by atoms with Gasteiger partial charge in [0.15, 0.2) is 14.5 Å². The fourth-order valence-electron chi connectivity index (χ4n) is 1.60.